The van der Waals surface area contributed by atoms with Crippen LogP contribution in [-0.4, -0.2) is 16.0 Å². The highest BCUT2D eigenvalue weighted by atomic mass is 35.5. The monoisotopic (exact) mass is 385 g/mol. The third-order valence-electron chi connectivity index (χ3n) is 3.36. The third kappa shape index (κ3) is 3.88. The van der Waals surface area contributed by atoms with E-state index in [1.54, 1.807) is 19.1 Å². The van der Waals surface area contributed by atoms with Crippen molar-refractivity contribution in [2.45, 2.75) is 19.6 Å². The summed E-state index contributed by atoms with van der Waals surface area (Å²) in [5.41, 5.74) is 0.339. The molecular formula is C16H11ClF3N3O3. The van der Waals surface area contributed by atoms with Crippen molar-refractivity contribution in [3.63, 3.8) is 0 Å². The predicted molar refractivity (Wildman–Crippen MR) is 84.4 cm³/mol. The molecule has 2 aromatic heterocycles. The van der Waals surface area contributed by atoms with E-state index >= 15 is 0 Å². The van der Waals surface area contributed by atoms with Crippen LogP contribution in [0, 0.1) is 6.92 Å². The van der Waals surface area contributed by atoms with Crippen LogP contribution in [0.25, 0.3) is 11.4 Å². The van der Waals surface area contributed by atoms with Gasteiger partial charge in [-0.15, -0.1) is 0 Å². The molecule has 0 aliphatic heterocycles. The molecule has 26 heavy (non-hydrogen) atoms. The van der Waals surface area contributed by atoms with E-state index in [9.17, 15) is 18.0 Å². The fraction of sp³-hybridized carbons (Fsp3) is 0.188. The average Bonchev–Trinajstić information content (AvgIpc) is 3.21. The predicted octanol–water partition coefficient (Wildman–Crippen LogP) is 4.24. The summed E-state index contributed by atoms with van der Waals surface area (Å²) in [6.45, 7) is 1.95. The molecule has 0 saturated carbocycles. The maximum absolute atomic E-state index is 12.5. The lowest BCUT2D eigenvalue weighted by atomic mass is 10.1. The second-order valence-electron chi connectivity index (χ2n) is 5.31. The quantitative estimate of drug-likeness (QED) is 0.726. The lowest BCUT2D eigenvalue weighted by Gasteiger charge is -2.06. The summed E-state index contributed by atoms with van der Waals surface area (Å²) in [5, 5.41) is 5.94. The summed E-state index contributed by atoms with van der Waals surface area (Å²) in [7, 11) is 0. The molecule has 0 bridgehead atoms. The molecule has 0 radical (unpaired) electrons. The summed E-state index contributed by atoms with van der Waals surface area (Å²) in [4.78, 5) is 15.5. The number of furan rings is 1. The van der Waals surface area contributed by atoms with Crippen LogP contribution < -0.4 is 5.32 Å². The first kappa shape index (κ1) is 18.0. The number of nitrogens with zero attached hydrogens (tertiary/aromatic N) is 2. The minimum absolute atomic E-state index is 0.0361. The Labute approximate surface area is 149 Å². The maximum atomic E-state index is 12.5. The Hall–Kier alpha value is -2.81. The fourth-order valence-electron chi connectivity index (χ4n) is 2.14. The first-order valence-corrected chi connectivity index (χ1v) is 7.66. The highest BCUT2D eigenvalue weighted by Crippen LogP contribution is 2.30. The summed E-state index contributed by atoms with van der Waals surface area (Å²) in [5.74, 6) is -0.902. The van der Waals surface area contributed by atoms with Crippen molar-refractivity contribution >= 4 is 17.5 Å². The first-order chi connectivity index (χ1) is 12.2. The van der Waals surface area contributed by atoms with E-state index in [4.69, 9.17) is 16.0 Å². The third-order valence-corrected chi connectivity index (χ3v) is 3.67. The standard InChI is InChI=1S/C16H11ClF3N3O3/c1-8-2-4-10(25-8)7-21-14(24)11-5-3-9(6-12(11)17)13-22-15(26-23-13)16(18,19)20/h2-6H,7H2,1H3,(H,21,24). The molecule has 1 amide bonds. The van der Waals surface area contributed by atoms with Crippen molar-refractivity contribution < 1.29 is 26.9 Å². The van der Waals surface area contributed by atoms with Gasteiger partial charge in [0.25, 0.3) is 5.91 Å². The van der Waals surface area contributed by atoms with Crippen molar-refractivity contribution in [3.8, 4) is 11.4 Å². The molecule has 10 heteroatoms. The molecular weight excluding hydrogens is 375 g/mol. The molecule has 0 unspecified atom stereocenters. The summed E-state index contributed by atoms with van der Waals surface area (Å²) in [6.07, 6.45) is -4.74. The van der Waals surface area contributed by atoms with Gasteiger partial charge in [-0.05, 0) is 31.2 Å². The molecule has 0 saturated heterocycles. The zero-order valence-corrected chi connectivity index (χ0v) is 14.0. The molecule has 0 atom stereocenters. The van der Waals surface area contributed by atoms with Crippen molar-refractivity contribution in [2.24, 2.45) is 0 Å². The number of benzene rings is 1. The largest absolute Gasteiger partial charge is 0.471 e. The number of aryl methyl sites for hydroxylation is 1. The molecule has 1 aromatic carbocycles. The van der Waals surface area contributed by atoms with Crippen LogP contribution in [-0.2, 0) is 12.7 Å². The topological polar surface area (TPSA) is 81.2 Å². The van der Waals surface area contributed by atoms with Gasteiger partial charge in [-0.3, -0.25) is 4.79 Å². The van der Waals surface area contributed by atoms with Crippen LogP contribution >= 0.6 is 11.6 Å². The van der Waals surface area contributed by atoms with Gasteiger partial charge in [-0.2, -0.15) is 18.2 Å². The zero-order valence-electron chi connectivity index (χ0n) is 13.2. The van der Waals surface area contributed by atoms with Crippen LogP contribution in [0.2, 0.25) is 5.02 Å². The molecule has 3 rings (SSSR count). The first-order valence-electron chi connectivity index (χ1n) is 7.28. The minimum Gasteiger partial charge on any atom is -0.465 e. The number of rotatable bonds is 4. The van der Waals surface area contributed by atoms with Crippen molar-refractivity contribution in [2.75, 3.05) is 0 Å². The van der Waals surface area contributed by atoms with E-state index in [0.29, 0.717) is 5.76 Å². The number of aromatic nitrogens is 2. The lowest BCUT2D eigenvalue weighted by Crippen LogP contribution is -2.22. The van der Waals surface area contributed by atoms with E-state index in [1.807, 2.05) is 0 Å². The van der Waals surface area contributed by atoms with E-state index < -0.39 is 18.0 Å². The molecule has 3 aromatic rings. The Morgan fingerprint density at radius 2 is 2.04 bits per heavy atom. The Kier molecular flexibility index (Phi) is 4.73. The summed E-state index contributed by atoms with van der Waals surface area (Å²) < 4.78 is 47.0. The number of hydrogen-bond donors (Lipinski definition) is 1. The number of amides is 1. The molecule has 0 aliphatic carbocycles. The van der Waals surface area contributed by atoms with E-state index in [-0.39, 0.29) is 28.5 Å². The molecule has 1 N–H and O–H groups in total. The minimum atomic E-state index is -4.74. The normalized spacial score (nSPS) is 11.6. The number of halogens is 4. The van der Waals surface area contributed by atoms with E-state index in [0.717, 1.165) is 5.76 Å². The zero-order chi connectivity index (χ0) is 18.9. The number of hydrogen-bond acceptors (Lipinski definition) is 5. The van der Waals surface area contributed by atoms with Crippen LogP contribution in [0.3, 0.4) is 0 Å². The maximum Gasteiger partial charge on any atom is 0.471 e. The molecule has 0 aliphatic rings. The van der Waals surface area contributed by atoms with Crippen LogP contribution in [0.1, 0.15) is 27.8 Å². The van der Waals surface area contributed by atoms with E-state index in [1.165, 1.54) is 18.2 Å². The average molecular weight is 386 g/mol. The van der Waals surface area contributed by atoms with Gasteiger partial charge >= 0.3 is 12.1 Å². The Bertz CT molecular complexity index is 950. The molecule has 0 spiro atoms. The fourth-order valence-corrected chi connectivity index (χ4v) is 2.40. The second kappa shape index (κ2) is 6.83. The number of alkyl halides is 3. The number of nitrogens with one attached hydrogen (secondary N) is 1. The van der Waals surface area contributed by atoms with Crippen molar-refractivity contribution in [3.05, 3.63) is 58.3 Å². The van der Waals surface area contributed by atoms with Crippen LogP contribution in [0.4, 0.5) is 13.2 Å². The molecule has 0 fully saturated rings. The van der Waals surface area contributed by atoms with Crippen LogP contribution in [0.5, 0.6) is 0 Å². The summed E-state index contributed by atoms with van der Waals surface area (Å²) in [6, 6.07) is 7.53. The van der Waals surface area contributed by atoms with Gasteiger partial charge in [-0.25, -0.2) is 0 Å². The lowest BCUT2D eigenvalue weighted by molar-refractivity contribution is -0.159. The second-order valence-corrected chi connectivity index (χ2v) is 5.72. The Morgan fingerprint density at radius 1 is 1.27 bits per heavy atom. The smallest absolute Gasteiger partial charge is 0.465 e. The van der Waals surface area contributed by atoms with E-state index in [2.05, 4.69) is 20.0 Å². The SMILES string of the molecule is Cc1ccc(CNC(=O)c2ccc(-c3noc(C(F)(F)F)n3)cc2Cl)o1. The van der Waals surface area contributed by atoms with Crippen molar-refractivity contribution in [1.29, 1.82) is 0 Å². The molecule has 6 nitrogen and oxygen atoms in total. The molecule has 2 heterocycles. The van der Waals surface area contributed by atoms with Crippen molar-refractivity contribution in [1.82, 2.24) is 15.5 Å². The Morgan fingerprint density at radius 3 is 2.62 bits per heavy atom. The van der Waals surface area contributed by atoms with Gasteiger partial charge in [0.05, 0.1) is 17.1 Å². The summed E-state index contributed by atoms with van der Waals surface area (Å²) >= 11 is 6.06. The van der Waals surface area contributed by atoms with Gasteiger partial charge in [-0.1, -0.05) is 22.8 Å². The Balaban J connectivity index is 1.74. The number of carbonyl (C=O) groups is 1. The molecule has 136 valence electrons. The highest BCUT2D eigenvalue weighted by molar-refractivity contribution is 6.34. The highest BCUT2D eigenvalue weighted by Gasteiger charge is 2.38. The van der Waals surface area contributed by atoms with Gasteiger partial charge in [0, 0.05) is 5.56 Å². The van der Waals surface area contributed by atoms with Gasteiger partial charge in [0.2, 0.25) is 5.82 Å². The van der Waals surface area contributed by atoms with Gasteiger partial charge in [0.1, 0.15) is 11.5 Å². The van der Waals surface area contributed by atoms with Gasteiger partial charge < -0.3 is 14.3 Å². The van der Waals surface area contributed by atoms with Gasteiger partial charge in [0.15, 0.2) is 0 Å². The number of carbonyl (C=O) groups excluding carboxylic acids is 1. The van der Waals surface area contributed by atoms with Crippen LogP contribution in [0.15, 0.2) is 39.3 Å².